The van der Waals surface area contributed by atoms with Crippen molar-refractivity contribution < 1.29 is 9.53 Å². The molecule has 152 valence electrons. The van der Waals surface area contributed by atoms with Crippen molar-refractivity contribution in [3.05, 3.63) is 71.8 Å². The molecule has 0 unspecified atom stereocenters. The van der Waals surface area contributed by atoms with Crippen molar-refractivity contribution in [3.63, 3.8) is 0 Å². The highest BCUT2D eigenvalue weighted by molar-refractivity contribution is 6.11. The minimum Gasteiger partial charge on any atom is -0.496 e. The summed E-state index contributed by atoms with van der Waals surface area (Å²) < 4.78 is 5.41. The van der Waals surface area contributed by atoms with E-state index in [2.05, 4.69) is 24.1 Å². The Hall–Kier alpha value is -3.78. The highest BCUT2D eigenvalue weighted by Gasteiger charge is 2.12. The standard InChI is InChI=1S/C25H25N3O2/c1-4-28(5-2)21-13-11-20(12-14-21)27-25(29)19(17-26)16-18-10-15-24(30-3)23-9-7-6-8-22(18)23/h6-16H,4-5H2,1-3H3,(H,27,29)/b19-16-. The quantitative estimate of drug-likeness (QED) is 0.436. The first-order valence-corrected chi connectivity index (χ1v) is 9.95. The average molecular weight is 399 g/mol. The lowest BCUT2D eigenvalue weighted by molar-refractivity contribution is -0.112. The van der Waals surface area contributed by atoms with Crippen molar-refractivity contribution in [2.75, 3.05) is 30.4 Å². The number of benzene rings is 3. The number of ether oxygens (including phenoxy) is 1. The molecule has 0 saturated carbocycles. The number of fused-ring (bicyclic) bond motifs is 1. The van der Waals surface area contributed by atoms with Gasteiger partial charge in [-0.3, -0.25) is 4.79 Å². The minimum atomic E-state index is -0.437. The molecule has 3 aromatic rings. The summed E-state index contributed by atoms with van der Waals surface area (Å²) in [6.45, 7) is 6.04. The third kappa shape index (κ3) is 4.44. The van der Waals surface area contributed by atoms with Gasteiger partial charge < -0.3 is 15.0 Å². The molecule has 0 aliphatic heterocycles. The van der Waals surface area contributed by atoms with E-state index in [-0.39, 0.29) is 5.57 Å². The SMILES string of the molecule is CCN(CC)c1ccc(NC(=O)/C(C#N)=C\c2ccc(OC)c3ccccc23)cc1. The fraction of sp³-hybridized carbons (Fsp3) is 0.200. The van der Waals surface area contributed by atoms with Crippen molar-refractivity contribution in [2.24, 2.45) is 0 Å². The Morgan fingerprint density at radius 2 is 1.70 bits per heavy atom. The highest BCUT2D eigenvalue weighted by atomic mass is 16.5. The average Bonchev–Trinajstić information content (AvgIpc) is 2.79. The zero-order chi connectivity index (χ0) is 21.5. The molecule has 5 heteroatoms. The van der Waals surface area contributed by atoms with Crippen LogP contribution in [0, 0.1) is 11.3 Å². The maximum Gasteiger partial charge on any atom is 0.266 e. The Morgan fingerprint density at radius 3 is 2.30 bits per heavy atom. The summed E-state index contributed by atoms with van der Waals surface area (Å²) in [5, 5.41) is 14.2. The molecule has 0 heterocycles. The van der Waals surface area contributed by atoms with Gasteiger partial charge in [-0.05, 0) is 61.2 Å². The van der Waals surface area contributed by atoms with Crippen LogP contribution in [0.5, 0.6) is 5.75 Å². The maximum atomic E-state index is 12.7. The van der Waals surface area contributed by atoms with Crippen LogP contribution in [-0.2, 0) is 4.79 Å². The largest absolute Gasteiger partial charge is 0.496 e. The zero-order valence-electron chi connectivity index (χ0n) is 17.5. The normalized spacial score (nSPS) is 11.1. The first-order chi connectivity index (χ1) is 14.6. The summed E-state index contributed by atoms with van der Waals surface area (Å²) in [5.41, 5.74) is 2.57. The van der Waals surface area contributed by atoms with E-state index < -0.39 is 5.91 Å². The van der Waals surface area contributed by atoms with Gasteiger partial charge in [-0.2, -0.15) is 5.26 Å². The Kier molecular flexibility index (Phi) is 6.71. The third-order valence-corrected chi connectivity index (χ3v) is 5.06. The number of carbonyl (C=O) groups excluding carboxylic acids is 1. The van der Waals surface area contributed by atoms with Crippen LogP contribution in [0.4, 0.5) is 11.4 Å². The van der Waals surface area contributed by atoms with Crippen LogP contribution < -0.4 is 15.0 Å². The Morgan fingerprint density at radius 1 is 1.03 bits per heavy atom. The highest BCUT2D eigenvalue weighted by Crippen LogP contribution is 2.29. The molecule has 0 atom stereocenters. The van der Waals surface area contributed by atoms with Gasteiger partial charge in [0.2, 0.25) is 0 Å². The Bertz CT molecular complexity index is 1110. The molecule has 0 bridgehead atoms. The number of amides is 1. The van der Waals surface area contributed by atoms with E-state index in [0.29, 0.717) is 5.69 Å². The van der Waals surface area contributed by atoms with Crippen molar-refractivity contribution in [2.45, 2.75) is 13.8 Å². The van der Waals surface area contributed by atoms with Gasteiger partial charge in [0.05, 0.1) is 7.11 Å². The molecule has 30 heavy (non-hydrogen) atoms. The Balaban J connectivity index is 1.86. The van der Waals surface area contributed by atoms with Crippen molar-refractivity contribution in [1.82, 2.24) is 0 Å². The maximum absolute atomic E-state index is 12.7. The van der Waals surface area contributed by atoms with E-state index in [0.717, 1.165) is 40.9 Å². The smallest absolute Gasteiger partial charge is 0.266 e. The van der Waals surface area contributed by atoms with Gasteiger partial charge >= 0.3 is 0 Å². The first kappa shape index (κ1) is 20.9. The number of anilines is 2. The van der Waals surface area contributed by atoms with Gasteiger partial charge in [-0.15, -0.1) is 0 Å². The van der Waals surface area contributed by atoms with Crippen LogP contribution in [0.1, 0.15) is 19.4 Å². The van der Waals surface area contributed by atoms with E-state index in [1.165, 1.54) is 0 Å². The molecule has 0 radical (unpaired) electrons. The molecular weight excluding hydrogens is 374 g/mol. The summed E-state index contributed by atoms with van der Waals surface area (Å²) >= 11 is 0. The summed E-state index contributed by atoms with van der Waals surface area (Å²) in [6, 6.07) is 21.1. The molecule has 0 fully saturated rings. The van der Waals surface area contributed by atoms with E-state index in [4.69, 9.17) is 4.74 Å². The van der Waals surface area contributed by atoms with Crippen molar-refractivity contribution in [3.8, 4) is 11.8 Å². The topological polar surface area (TPSA) is 65.4 Å². The summed E-state index contributed by atoms with van der Waals surface area (Å²) in [7, 11) is 1.62. The lowest BCUT2D eigenvalue weighted by atomic mass is 10.0. The summed E-state index contributed by atoms with van der Waals surface area (Å²) in [6.07, 6.45) is 1.61. The molecule has 0 saturated heterocycles. The molecule has 0 spiro atoms. The first-order valence-electron chi connectivity index (χ1n) is 9.95. The molecule has 3 aromatic carbocycles. The number of carbonyl (C=O) groups is 1. The molecule has 3 rings (SSSR count). The third-order valence-electron chi connectivity index (χ3n) is 5.06. The van der Waals surface area contributed by atoms with Crippen molar-refractivity contribution in [1.29, 1.82) is 5.26 Å². The fourth-order valence-electron chi connectivity index (χ4n) is 3.45. The Labute approximate surface area is 177 Å². The second-order valence-electron chi connectivity index (χ2n) is 6.75. The summed E-state index contributed by atoms with van der Waals surface area (Å²) in [5.74, 6) is 0.312. The van der Waals surface area contributed by atoms with Crippen LogP contribution in [0.15, 0.2) is 66.2 Å². The molecule has 0 aliphatic rings. The molecule has 0 aliphatic carbocycles. The van der Waals surface area contributed by atoms with Crippen LogP contribution in [0.3, 0.4) is 0 Å². The van der Waals surface area contributed by atoms with Gasteiger partial charge in [-0.1, -0.05) is 30.3 Å². The molecule has 1 amide bonds. The molecule has 0 aromatic heterocycles. The number of hydrogen-bond acceptors (Lipinski definition) is 4. The van der Waals surface area contributed by atoms with Crippen LogP contribution in [0.25, 0.3) is 16.8 Å². The van der Waals surface area contributed by atoms with Crippen LogP contribution in [0.2, 0.25) is 0 Å². The van der Waals surface area contributed by atoms with Gasteiger partial charge in [0.15, 0.2) is 0 Å². The predicted octanol–water partition coefficient (Wildman–Crippen LogP) is 5.24. The van der Waals surface area contributed by atoms with E-state index in [1.807, 2.05) is 66.7 Å². The molecule has 5 nitrogen and oxygen atoms in total. The zero-order valence-corrected chi connectivity index (χ0v) is 17.5. The molecule has 1 N–H and O–H groups in total. The predicted molar refractivity (Wildman–Crippen MR) is 123 cm³/mol. The van der Waals surface area contributed by atoms with Gasteiger partial charge in [0.25, 0.3) is 5.91 Å². The minimum absolute atomic E-state index is 0.0399. The second-order valence-corrected chi connectivity index (χ2v) is 6.75. The lowest BCUT2D eigenvalue weighted by Crippen LogP contribution is -2.21. The fourth-order valence-corrected chi connectivity index (χ4v) is 3.45. The molecular formula is C25H25N3O2. The van der Waals surface area contributed by atoms with Crippen molar-refractivity contribution >= 4 is 34.1 Å². The van der Waals surface area contributed by atoms with Gasteiger partial charge in [-0.25, -0.2) is 0 Å². The monoisotopic (exact) mass is 399 g/mol. The van der Waals surface area contributed by atoms with Crippen LogP contribution >= 0.6 is 0 Å². The number of nitriles is 1. The van der Waals surface area contributed by atoms with E-state index >= 15 is 0 Å². The number of rotatable bonds is 7. The van der Waals surface area contributed by atoms with E-state index in [1.54, 1.807) is 13.2 Å². The summed E-state index contributed by atoms with van der Waals surface area (Å²) in [4.78, 5) is 14.9. The van der Waals surface area contributed by atoms with Gasteiger partial charge in [0, 0.05) is 29.9 Å². The van der Waals surface area contributed by atoms with E-state index in [9.17, 15) is 10.1 Å². The lowest BCUT2D eigenvalue weighted by Gasteiger charge is -2.21. The number of hydrogen-bond donors (Lipinski definition) is 1. The number of nitrogens with zero attached hydrogens (tertiary/aromatic N) is 2. The number of methoxy groups -OCH3 is 1. The van der Waals surface area contributed by atoms with Crippen LogP contribution in [-0.4, -0.2) is 26.1 Å². The number of nitrogens with one attached hydrogen (secondary N) is 1. The second kappa shape index (κ2) is 9.62. The van der Waals surface area contributed by atoms with Gasteiger partial charge in [0.1, 0.15) is 17.4 Å².